The first kappa shape index (κ1) is 29.9. The summed E-state index contributed by atoms with van der Waals surface area (Å²) in [5.41, 5.74) is 1.45. The first-order chi connectivity index (χ1) is 18.1. The number of hydrogen-bond donors (Lipinski definition) is 1. The molecule has 0 saturated heterocycles. The van der Waals surface area contributed by atoms with Gasteiger partial charge in [-0.2, -0.15) is 0 Å². The van der Waals surface area contributed by atoms with E-state index in [2.05, 4.69) is 18.5 Å². The van der Waals surface area contributed by atoms with Gasteiger partial charge in [-0.15, -0.1) is 0 Å². The van der Waals surface area contributed by atoms with Crippen LogP contribution >= 0.6 is 0 Å². The van der Waals surface area contributed by atoms with Gasteiger partial charge in [-0.1, -0.05) is 64.9 Å². The van der Waals surface area contributed by atoms with E-state index in [9.17, 15) is 9.90 Å². The van der Waals surface area contributed by atoms with Gasteiger partial charge in [-0.05, 0) is 55.7 Å². The van der Waals surface area contributed by atoms with Crippen molar-refractivity contribution in [2.45, 2.75) is 77.6 Å². The molecule has 202 valence electrons. The van der Waals surface area contributed by atoms with Crippen molar-refractivity contribution < 1.29 is 24.1 Å². The molecule has 0 atom stereocenters. The van der Waals surface area contributed by atoms with Crippen molar-refractivity contribution in [3.05, 3.63) is 60.7 Å². The van der Waals surface area contributed by atoms with Crippen LogP contribution in [0.4, 0.5) is 5.69 Å². The van der Waals surface area contributed by atoms with Crippen LogP contribution < -0.4 is 9.47 Å². The largest absolute Gasteiger partial charge is 0.507 e. The van der Waals surface area contributed by atoms with Gasteiger partial charge in [0.05, 0.1) is 25.5 Å². The fourth-order valence-corrected chi connectivity index (χ4v) is 3.72. The molecule has 0 aliphatic carbocycles. The van der Waals surface area contributed by atoms with Gasteiger partial charge in [-0.3, -0.25) is 4.99 Å². The molecule has 2 rings (SSSR count). The van der Waals surface area contributed by atoms with Gasteiger partial charge in [0.25, 0.3) is 0 Å². The summed E-state index contributed by atoms with van der Waals surface area (Å²) in [5, 5.41) is 10.4. The second-order valence-corrected chi connectivity index (χ2v) is 9.08. The molecule has 2 aromatic rings. The lowest BCUT2D eigenvalue weighted by atomic mass is 10.1. The molecule has 6 nitrogen and oxygen atoms in total. The molecule has 0 unspecified atom stereocenters. The smallest absolute Gasteiger partial charge is 0.330 e. The van der Waals surface area contributed by atoms with Gasteiger partial charge in [0.1, 0.15) is 17.2 Å². The molecule has 0 spiro atoms. The first-order valence-electron chi connectivity index (χ1n) is 13.6. The molecular weight excluding hydrogens is 466 g/mol. The van der Waals surface area contributed by atoms with Crippen LogP contribution in [0.5, 0.6) is 17.2 Å². The number of benzene rings is 2. The molecule has 37 heavy (non-hydrogen) atoms. The minimum absolute atomic E-state index is 0.149. The summed E-state index contributed by atoms with van der Waals surface area (Å²) in [4.78, 5) is 15.4. The van der Waals surface area contributed by atoms with E-state index in [0.29, 0.717) is 24.5 Å². The molecule has 0 fully saturated rings. The number of aliphatic imine (C=N–C) groups is 1. The van der Waals surface area contributed by atoms with Crippen molar-refractivity contribution in [3.8, 4) is 17.2 Å². The van der Waals surface area contributed by atoms with Crippen molar-refractivity contribution in [1.82, 2.24) is 0 Å². The minimum atomic E-state index is -0.344. The van der Waals surface area contributed by atoms with Crippen LogP contribution in [0.1, 0.15) is 83.1 Å². The van der Waals surface area contributed by atoms with Gasteiger partial charge in [0.2, 0.25) is 0 Å². The Morgan fingerprint density at radius 1 is 0.811 bits per heavy atom. The highest BCUT2D eigenvalue weighted by atomic mass is 16.5. The molecule has 0 radical (unpaired) electrons. The number of ether oxygens (including phenoxy) is 3. The van der Waals surface area contributed by atoms with Crippen LogP contribution in [0.2, 0.25) is 0 Å². The Kier molecular flexibility index (Phi) is 15.3. The van der Waals surface area contributed by atoms with Crippen molar-refractivity contribution in [3.63, 3.8) is 0 Å². The van der Waals surface area contributed by atoms with Crippen LogP contribution in [-0.2, 0) is 9.53 Å². The number of phenolic OH excluding ortho intramolecular Hbond substituents is 1. The third kappa shape index (κ3) is 13.6. The Bertz CT molecular complexity index is 939. The van der Waals surface area contributed by atoms with Crippen molar-refractivity contribution in [1.29, 1.82) is 0 Å². The maximum Gasteiger partial charge on any atom is 0.330 e. The standard InChI is InChI=1S/C31H43NO5/c1-3-5-12-21-35-28-19-16-27(17-20-28)32-25-26-15-18-29(24-30(26)33)36-22-13-10-8-6-7-9-11-14-23-37-31(34)4-2/h4,15-20,24-25,33H,2-3,5-14,21-23H2,1H3. The van der Waals surface area contributed by atoms with E-state index in [4.69, 9.17) is 14.2 Å². The van der Waals surface area contributed by atoms with E-state index in [0.717, 1.165) is 56.6 Å². The summed E-state index contributed by atoms with van der Waals surface area (Å²) in [5.74, 6) is 1.32. The fraction of sp³-hybridized carbons (Fsp3) is 0.484. The SMILES string of the molecule is C=CC(=O)OCCCCCCCCCCOc1ccc(C=Nc2ccc(OCCCCC)cc2)c(O)c1. The third-order valence-electron chi connectivity index (χ3n) is 5.93. The highest BCUT2D eigenvalue weighted by molar-refractivity contribution is 5.85. The maximum absolute atomic E-state index is 10.9. The molecule has 0 heterocycles. The molecule has 0 aliphatic rings. The van der Waals surface area contributed by atoms with E-state index in [1.54, 1.807) is 12.3 Å². The second-order valence-electron chi connectivity index (χ2n) is 9.08. The van der Waals surface area contributed by atoms with E-state index < -0.39 is 0 Å². The highest BCUT2D eigenvalue weighted by Crippen LogP contribution is 2.24. The zero-order chi connectivity index (χ0) is 26.6. The molecule has 0 aliphatic heterocycles. The molecule has 2 aromatic carbocycles. The van der Waals surface area contributed by atoms with Gasteiger partial charge >= 0.3 is 5.97 Å². The molecule has 1 N–H and O–H groups in total. The van der Waals surface area contributed by atoms with E-state index >= 15 is 0 Å². The number of carbonyl (C=O) groups is 1. The van der Waals surface area contributed by atoms with Crippen molar-refractivity contribution >= 4 is 17.9 Å². The second kappa shape index (κ2) is 18.9. The number of nitrogens with zero attached hydrogens (tertiary/aromatic N) is 1. The quantitative estimate of drug-likeness (QED) is 0.0848. The summed E-state index contributed by atoms with van der Waals surface area (Å²) < 4.78 is 16.5. The first-order valence-corrected chi connectivity index (χ1v) is 13.6. The number of phenols is 1. The number of aromatic hydroxyl groups is 1. The average Bonchev–Trinajstić information content (AvgIpc) is 2.91. The van der Waals surface area contributed by atoms with Crippen LogP contribution in [0.15, 0.2) is 60.1 Å². The van der Waals surface area contributed by atoms with Crippen LogP contribution in [0, 0.1) is 0 Å². The molecule has 6 heteroatoms. The Morgan fingerprint density at radius 2 is 1.38 bits per heavy atom. The normalized spacial score (nSPS) is 10.9. The van der Waals surface area contributed by atoms with Crippen LogP contribution in [-0.4, -0.2) is 37.1 Å². The van der Waals surface area contributed by atoms with Gasteiger partial charge < -0.3 is 19.3 Å². The van der Waals surface area contributed by atoms with Gasteiger partial charge in [0, 0.05) is 23.9 Å². The zero-order valence-electron chi connectivity index (χ0n) is 22.3. The van der Waals surface area contributed by atoms with E-state index in [-0.39, 0.29) is 11.7 Å². The Morgan fingerprint density at radius 3 is 2.00 bits per heavy atom. The molecule has 0 aromatic heterocycles. The highest BCUT2D eigenvalue weighted by Gasteiger charge is 2.03. The van der Waals surface area contributed by atoms with Crippen LogP contribution in [0.25, 0.3) is 0 Å². The summed E-state index contributed by atoms with van der Waals surface area (Å²) in [7, 11) is 0. The van der Waals surface area contributed by atoms with E-state index in [1.807, 2.05) is 36.4 Å². The number of esters is 1. The van der Waals surface area contributed by atoms with Gasteiger partial charge in [0.15, 0.2) is 0 Å². The Balaban J connectivity index is 1.58. The van der Waals surface area contributed by atoms with Crippen LogP contribution in [0.3, 0.4) is 0 Å². The topological polar surface area (TPSA) is 77.4 Å². The monoisotopic (exact) mass is 509 g/mol. The molecule has 0 saturated carbocycles. The Hall–Kier alpha value is -3.28. The summed E-state index contributed by atoms with van der Waals surface area (Å²) in [6.07, 6.45) is 15.1. The molecular formula is C31H43NO5. The number of unbranched alkanes of at least 4 members (excludes halogenated alkanes) is 9. The third-order valence-corrected chi connectivity index (χ3v) is 5.93. The zero-order valence-corrected chi connectivity index (χ0v) is 22.3. The minimum Gasteiger partial charge on any atom is -0.507 e. The lowest BCUT2D eigenvalue weighted by Gasteiger charge is -2.08. The molecule has 0 bridgehead atoms. The predicted octanol–water partition coefficient (Wildman–Crippen LogP) is 7.94. The predicted molar refractivity (Wildman–Crippen MR) is 150 cm³/mol. The Labute approximate surface area is 222 Å². The number of carbonyl (C=O) groups excluding carboxylic acids is 1. The number of rotatable bonds is 20. The van der Waals surface area contributed by atoms with E-state index in [1.165, 1.54) is 38.2 Å². The number of hydrogen-bond acceptors (Lipinski definition) is 6. The van der Waals surface area contributed by atoms with Crippen molar-refractivity contribution in [2.75, 3.05) is 19.8 Å². The summed E-state index contributed by atoms with van der Waals surface area (Å²) in [6.45, 7) is 7.40. The summed E-state index contributed by atoms with van der Waals surface area (Å²) in [6, 6.07) is 13.0. The van der Waals surface area contributed by atoms with Gasteiger partial charge in [-0.25, -0.2) is 4.79 Å². The lowest BCUT2D eigenvalue weighted by molar-refractivity contribution is -0.137. The van der Waals surface area contributed by atoms with Crippen molar-refractivity contribution in [2.24, 2.45) is 4.99 Å². The molecule has 0 amide bonds. The maximum atomic E-state index is 10.9. The summed E-state index contributed by atoms with van der Waals surface area (Å²) >= 11 is 0. The fourth-order valence-electron chi connectivity index (χ4n) is 3.72. The average molecular weight is 510 g/mol. The lowest BCUT2D eigenvalue weighted by Crippen LogP contribution is -2.01.